The molecule has 1 saturated heterocycles. The molecule has 0 unspecified atom stereocenters. The van der Waals surface area contributed by atoms with Gasteiger partial charge in [-0.25, -0.2) is 0 Å². The molecule has 1 aliphatic rings. The highest BCUT2D eigenvalue weighted by Crippen LogP contribution is 2.18. The summed E-state index contributed by atoms with van der Waals surface area (Å²) < 4.78 is 5.79. The van der Waals surface area contributed by atoms with E-state index in [0.717, 1.165) is 24.6 Å². The molecular formula is C13H22N2O. The van der Waals surface area contributed by atoms with E-state index in [9.17, 15) is 0 Å². The Bertz CT molecular complexity index is 327. The van der Waals surface area contributed by atoms with Gasteiger partial charge in [0.15, 0.2) is 0 Å². The van der Waals surface area contributed by atoms with Gasteiger partial charge in [0.1, 0.15) is 11.5 Å². The predicted octanol–water partition coefficient (Wildman–Crippen LogP) is 2.29. The molecule has 3 heteroatoms. The smallest absolute Gasteiger partial charge is 0.118 e. The highest BCUT2D eigenvalue weighted by molar-refractivity contribution is 5.20. The van der Waals surface area contributed by atoms with Crippen molar-refractivity contribution in [3.63, 3.8) is 0 Å². The second-order valence-corrected chi connectivity index (χ2v) is 4.66. The third-order valence-electron chi connectivity index (χ3n) is 3.27. The molecule has 1 aliphatic heterocycles. The van der Waals surface area contributed by atoms with Crippen LogP contribution in [0.1, 0.15) is 36.3 Å². The van der Waals surface area contributed by atoms with E-state index in [4.69, 9.17) is 4.42 Å². The molecule has 0 spiro atoms. The zero-order chi connectivity index (χ0) is 11.4. The van der Waals surface area contributed by atoms with Gasteiger partial charge in [-0.2, -0.15) is 0 Å². The van der Waals surface area contributed by atoms with Crippen LogP contribution in [0.4, 0.5) is 0 Å². The van der Waals surface area contributed by atoms with Crippen molar-refractivity contribution >= 4 is 0 Å². The molecule has 1 aromatic heterocycles. The van der Waals surface area contributed by atoms with Crippen LogP contribution in [0.25, 0.3) is 0 Å². The van der Waals surface area contributed by atoms with Crippen molar-refractivity contribution in [2.24, 2.45) is 0 Å². The summed E-state index contributed by atoms with van der Waals surface area (Å²) in [6.45, 7) is 6.37. The van der Waals surface area contributed by atoms with E-state index >= 15 is 0 Å². The van der Waals surface area contributed by atoms with Crippen molar-refractivity contribution in [2.45, 2.75) is 39.3 Å². The van der Waals surface area contributed by atoms with E-state index in [-0.39, 0.29) is 0 Å². The van der Waals surface area contributed by atoms with Crippen LogP contribution in [0.3, 0.4) is 0 Å². The molecule has 2 heterocycles. The number of piperidine rings is 1. The Kier molecular flexibility index (Phi) is 4.02. The average molecular weight is 222 g/mol. The average Bonchev–Trinajstić information content (AvgIpc) is 2.61. The fraction of sp³-hybridized carbons (Fsp3) is 0.692. The number of nitrogens with zero attached hydrogens (tertiary/aromatic N) is 1. The Balaban J connectivity index is 1.95. The van der Waals surface area contributed by atoms with Crippen molar-refractivity contribution < 1.29 is 4.42 Å². The van der Waals surface area contributed by atoms with Gasteiger partial charge in [0.05, 0.1) is 6.54 Å². The van der Waals surface area contributed by atoms with Crippen molar-refractivity contribution in [1.29, 1.82) is 0 Å². The van der Waals surface area contributed by atoms with Gasteiger partial charge in [-0.1, -0.05) is 6.42 Å². The summed E-state index contributed by atoms with van der Waals surface area (Å²) in [5, 5.41) is 3.17. The molecule has 1 N–H and O–H groups in total. The number of likely N-dealkylation sites (tertiary alicyclic amines) is 1. The van der Waals surface area contributed by atoms with E-state index in [0.29, 0.717) is 0 Å². The first-order valence-electron chi connectivity index (χ1n) is 6.24. The van der Waals surface area contributed by atoms with Gasteiger partial charge in [0.2, 0.25) is 0 Å². The number of rotatable bonds is 4. The molecule has 0 bridgehead atoms. The topological polar surface area (TPSA) is 28.4 Å². The minimum absolute atomic E-state index is 0.898. The normalized spacial score (nSPS) is 17.9. The number of furan rings is 1. The van der Waals surface area contributed by atoms with Crippen molar-refractivity contribution in [2.75, 3.05) is 20.1 Å². The summed E-state index contributed by atoms with van der Waals surface area (Å²) in [7, 11) is 1.97. The molecule has 0 radical (unpaired) electrons. The summed E-state index contributed by atoms with van der Waals surface area (Å²) in [4.78, 5) is 2.49. The lowest BCUT2D eigenvalue weighted by atomic mass is 10.1. The fourth-order valence-corrected chi connectivity index (χ4v) is 2.37. The second-order valence-electron chi connectivity index (χ2n) is 4.66. The highest BCUT2D eigenvalue weighted by atomic mass is 16.3. The molecule has 1 aromatic rings. The first-order chi connectivity index (χ1) is 7.79. The lowest BCUT2D eigenvalue weighted by Crippen LogP contribution is -2.28. The Morgan fingerprint density at radius 3 is 2.75 bits per heavy atom. The maximum Gasteiger partial charge on any atom is 0.118 e. The summed E-state index contributed by atoms with van der Waals surface area (Å²) in [5.74, 6) is 2.17. The molecule has 1 fully saturated rings. The van der Waals surface area contributed by atoms with Crippen LogP contribution >= 0.6 is 0 Å². The largest absolute Gasteiger partial charge is 0.465 e. The standard InChI is InChI=1S/C13H22N2O/c1-11-12(9-14-2)8-13(16-11)10-15-6-4-3-5-7-15/h8,14H,3-7,9-10H2,1-2H3. The van der Waals surface area contributed by atoms with Gasteiger partial charge in [0, 0.05) is 12.1 Å². The molecule has 90 valence electrons. The molecule has 16 heavy (non-hydrogen) atoms. The van der Waals surface area contributed by atoms with E-state index in [2.05, 4.69) is 16.3 Å². The van der Waals surface area contributed by atoms with Gasteiger partial charge >= 0.3 is 0 Å². The van der Waals surface area contributed by atoms with E-state index in [1.54, 1.807) is 0 Å². The number of hydrogen-bond donors (Lipinski definition) is 1. The molecule has 0 saturated carbocycles. The van der Waals surface area contributed by atoms with E-state index in [1.807, 2.05) is 14.0 Å². The SMILES string of the molecule is CNCc1cc(CN2CCCCC2)oc1C. The second kappa shape index (κ2) is 5.51. The maximum atomic E-state index is 5.79. The highest BCUT2D eigenvalue weighted by Gasteiger charge is 2.13. The minimum Gasteiger partial charge on any atom is -0.465 e. The molecule has 3 nitrogen and oxygen atoms in total. The van der Waals surface area contributed by atoms with Crippen LogP contribution in [-0.4, -0.2) is 25.0 Å². The maximum absolute atomic E-state index is 5.79. The molecule has 2 rings (SSSR count). The Labute approximate surface area is 97.8 Å². The Morgan fingerprint density at radius 1 is 1.31 bits per heavy atom. The predicted molar refractivity (Wildman–Crippen MR) is 65.3 cm³/mol. The van der Waals surface area contributed by atoms with Crippen molar-refractivity contribution in [1.82, 2.24) is 10.2 Å². The number of aryl methyl sites for hydroxylation is 1. The van der Waals surface area contributed by atoms with Crippen LogP contribution in [0.5, 0.6) is 0 Å². The lowest BCUT2D eigenvalue weighted by Gasteiger charge is -2.25. The third kappa shape index (κ3) is 2.86. The van der Waals surface area contributed by atoms with Gasteiger partial charge in [-0.05, 0) is 46.0 Å². The number of nitrogens with one attached hydrogen (secondary N) is 1. The van der Waals surface area contributed by atoms with Crippen LogP contribution in [0.15, 0.2) is 10.5 Å². The van der Waals surface area contributed by atoms with E-state index < -0.39 is 0 Å². The molecule has 0 atom stereocenters. The summed E-state index contributed by atoms with van der Waals surface area (Å²) in [5.41, 5.74) is 1.29. The van der Waals surface area contributed by atoms with Crippen LogP contribution in [0, 0.1) is 6.92 Å². The van der Waals surface area contributed by atoms with Gasteiger partial charge in [-0.15, -0.1) is 0 Å². The zero-order valence-corrected chi connectivity index (χ0v) is 10.4. The quantitative estimate of drug-likeness (QED) is 0.847. The summed E-state index contributed by atoms with van der Waals surface area (Å²) in [6.07, 6.45) is 4.06. The molecular weight excluding hydrogens is 200 g/mol. The third-order valence-corrected chi connectivity index (χ3v) is 3.27. The Morgan fingerprint density at radius 2 is 2.06 bits per heavy atom. The first kappa shape index (κ1) is 11.7. The fourth-order valence-electron chi connectivity index (χ4n) is 2.37. The zero-order valence-electron chi connectivity index (χ0n) is 10.4. The van der Waals surface area contributed by atoms with E-state index in [1.165, 1.54) is 37.9 Å². The minimum atomic E-state index is 0.898. The molecule has 0 aliphatic carbocycles. The van der Waals surface area contributed by atoms with Crippen molar-refractivity contribution in [3.8, 4) is 0 Å². The van der Waals surface area contributed by atoms with Crippen molar-refractivity contribution in [3.05, 3.63) is 23.2 Å². The van der Waals surface area contributed by atoms with Gasteiger partial charge < -0.3 is 9.73 Å². The summed E-state index contributed by atoms with van der Waals surface area (Å²) >= 11 is 0. The molecule has 0 amide bonds. The lowest BCUT2D eigenvalue weighted by molar-refractivity contribution is 0.204. The van der Waals surface area contributed by atoms with Crippen LogP contribution in [-0.2, 0) is 13.1 Å². The summed E-state index contributed by atoms with van der Waals surface area (Å²) in [6, 6.07) is 2.19. The Hall–Kier alpha value is -0.800. The van der Waals surface area contributed by atoms with Crippen LogP contribution in [0.2, 0.25) is 0 Å². The van der Waals surface area contributed by atoms with Gasteiger partial charge in [-0.3, -0.25) is 4.90 Å². The first-order valence-corrected chi connectivity index (χ1v) is 6.24. The van der Waals surface area contributed by atoms with Gasteiger partial charge in [0.25, 0.3) is 0 Å². The molecule has 0 aromatic carbocycles. The monoisotopic (exact) mass is 222 g/mol. The number of hydrogen-bond acceptors (Lipinski definition) is 3. The van der Waals surface area contributed by atoms with Crippen LogP contribution < -0.4 is 5.32 Å².